The zero-order valence-corrected chi connectivity index (χ0v) is 19.2. The summed E-state index contributed by atoms with van der Waals surface area (Å²) < 4.78 is 27.0. The average Bonchev–Trinajstić information content (AvgIpc) is 3.59. The minimum absolute atomic E-state index is 0.0684. The van der Waals surface area contributed by atoms with Gasteiger partial charge in [-0.3, -0.25) is 10.1 Å². The van der Waals surface area contributed by atoms with Crippen LogP contribution in [0.25, 0.3) is 11.0 Å². The highest BCUT2D eigenvalue weighted by Crippen LogP contribution is 2.44. The van der Waals surface area contributed by atoms with Gasteiger partial charge in [-0.2, -0.15) is 0 Å². The number of rotatable bonds is 8. The van der Waals surface area contributed by atoms with Crippen molar-refractivity contribution in [3.05, 3.63) is 58.5 Å². The van der Waals surface area contributed by atoms with Gasteiger partial charge in [-0.05, 0) is 40.6 Å². The van der Waals surface area contributed by atoms with Gasteiger partial charge < -0.3 is 28.4 Å². The van der Waals surface area contributed by atoms with Crippen molar-refractivity contribution < 1.29 is 28.2 Å². The van der Waals surface area contributed by atoms with Crippen LogP contribution >= 0.6 is 0 Å². The van der Waals surface area contributed by atoms with E-state index in [-0.39, 0.29) is 16.7 Å². The highest BCUT2D eigenvalue weighted by Gasteiger charge is 2.32. The molecule has 2 aromatic heterocycles. The van der Waals surface area contributed by atoms with Gasteiger partial charge in [0.15, 0.2) is 17.0 Å². The first-order valence-electron chi connectivity index (χ1n) is 10.9. The van der Waals surface area contributed by atoms with E-state index in [0.29, 0.717) is 61.5 Å². The molecule has 0 atom stereocenters. The van der Waals surface area contributed by atoms with Gasteiger partial charge in [0, 0.05) is 24.8 Å². The highest BCUT2D eigenvalue weighted by molar-refractivity contribution is 6.01. The molecule has 1 aliphatic heterocycles. The lowest BCUT2D eigenvalue weighted by Gasteiger charge is -2.30. The third-order valence-corrected chi connectivity index (χ3v) is 5.87. The molecule has 182 valence electrons. The Kier molecular flexibility index (Phi) is 6.10. The molecule has 3 heterocycles. The minimum atomic E-state index is -0.450. The zero-order chi connectivity index (χ0) is 24.4. The highest BCUT2D eigenvalue weighted by atomic mass is 16.6. The normalized spacial score (nSPS) is 13.7. The second-order valence-corrected chi connectivity index (χ2v) is 7.79. The number of nitro groups is 1. The molecule has 0 N–H and O–H groups in total. The summed E-state index contributed by atoms with van der Waals surface area (Å²) in [5.41, 5.74) is 1.88. The van der Waals surface area contributed by atoms with Crippen molar-refractivity contribution in [2.75, 3.05) is 50.3 Å². The number of nitrogens with zero attached hydrogens (tertiary/aromatic N) is 5. The molecule has 4 aromatic rings. The Morgan fingerprint density at radius 1 is 1.09 bits per heavy atom. The van der Waals surface area contributed by atoms with Crippen LogP contribution in [0.5, 0.6) is 11.5 Å². The zero-order valence-electron chi connectivity index (χ0n) is 19.2. The summed E-state index contributed by atoms with van der Waals surface area (Å²) in [5.74, 6) is 1.77. The maximum absolute atomic E-state index is 12.1. The number of ether oxygens (including phenoxy) is 3. The summed E-state index contributed by atoms with van der Waals surface area (Å²) in [6.45, 7) is 2.25. The van der Waals surface area contributed by atoms with E-state index in [9.17, 15) is 10.1 Å². The SMILES string of the molecule is COc1ccc(N(Cc2ccco2)c2cc(N3CCOCC3)c([N+](=O)[O-])c3nonc23)cc1OC. The Balaban J connectivity index is 1.73. The third-order valence-electron chi connectivity index (χ3n) is 5.87. The third kappa shape index (κ3) is 4.19. The predicted octanol–water partition coefficient (Wildman–Crippen LogP) is 3.92. The maximum Gasteiger partial charge on any atom is 0.323 e. The molecule has 0 bridgehead atoms. The van der Waals surface area contributed by atoms with E-state index < -0.39 is 4.92 Å². The quantitative estimate of drug-likeness (QED) is 0.268. The number of fused-ring (bicyclic) bond motifs is 1. The summed E-state index contributed by atoms with van der Waals surface area (Å²) in [5, 5.41) is 20.1. The van der Waals surface area contributed by atoms with Crippen LogP contribution in [0.4, 0.5) is 22.7 Å². The number of methoxy groups -OCH3 is 2. The molecule has 5 rings (SSSR count). The largest absolute Gasteiger partial charge is 0.493 e. The summed E-state index contributed by atoms with van der Waals surface area (Å²) in [6.07, 6.45) is 1.59. The van der Waals surface area contributed by atoms with Crippen molar-refractivity contribution in [3.63, 3.8) is 0 Å². The molecular weight excluding hydrogens is 458 g/mol. The van der Waals surface area contributed by atoms with Crippen molar-refractivity contribution in [2.24, 2.45) is 0 Å². The van der Waals surface area contributed by atoms with Crippen LogP contribution in [0.2, 0.25) is 0 Å². The van der Waals surface area contributed by atoms with Crippen LogP contribution in [0.15, 0.2) is 51.7 Å². The topological polar surface area (TPSA) is 129 Å². The van der Waals surface area contributed by atoms with Crippen LogP contribution in [0, 0.1) is 10.1 Å². The van der Waals surface area contributed by atoms with Gasteiger partial charge in [0.2, 0.25) is 5.52 Å². The van der Waals surface area contributed by atoms with Crippen LogP contribution in [0.3, 0.4) is 0 Å². The van der Waals surface area contributed by atoms with Gasteiger partial charge in [-0.1, -0.05) is 0 Å². The van der Waals surface area contributed by atoms with Gasteiger partial charge in [0.25, 0.3) is 0 Å². The summed E-state index contributed by atoms with van der Waals surface area (Å²) in [6, 6.07) is 10.9. The molecule has 35 heavy (non-hydrogen) atoms. The lowest BCUT2D eigenvalue weighted by Crippen LogP contribution is -2.36. The van der Waals surface area contributed by atoms with Crippen LogP contribution in [-0.4, -0.2) is 55.8 Å². The minimum Gasteiger partial charge on any atom is -0.493 e. The number of benzene rings is 2. The molecule has 1 fully saturated rings. The van der Waals surface area contributed by atoms with E-state index in [1.54, 1.807) is 38.7 Å². The fourth-order valence-electron chi connectivity index (χ4n) is 4.20. The molecule has 1 aliphatic rings. The molecule has 0 aliphatic carbocycles. The second kappa shape index (κ2) is 9.50. The van der Waals surface area contributed by atoms with Crippen LogP contribution < -0.4 is 19.3 Å². The Bertz CT molecular complexity index is 1330. The molecule has 12 heteroatoms. The molecule has 0 unspecified atom stereocenters. The summed E-state index contributed by atoms with van der Waals surface area (Å²) in [4.78, 5) is 15.5. The Morgan fingerprint density at radius 3 is 2.54 bits per heavy atom. The van der Waals surface area contributed by atoms with Crippen molar-refractivity contribution in [3.8, 4) is 11.5 Å². The first-order chi connectivity index (χ1) is 17.1. The number of morpholine rings is 1. The van der Waals surface area contributed by atoms with Crippen molar-refractivity contribution in [2.45, 2.75) is 6.54 Å². The van der Waals surface area contributed by atoms with Crippen LogP contribution in [0.1, 0.15) is 5.76 Å². The number of hydrogen-bond acceptors (Lipinski definition) is 11. The van der Waals surface area contributed by atoms with Gasteiger partial charge >= 0.3 is 5.69 Å². The maximum atomic E-state index is 12.1. The molecule has 12 nitrogen and oxygen atoms in total. The predicted molar refractivity (Wildman–Crippen MR) is 126 cm³/mol. The molecule has 0 amide bonds. The molecule has 1 saturated heterocycles. The smallest absolute Gasteiger partial charge is 0.323 e. The number of hydrogen-bond donors (Lipinski definition) is 0. The van der Waals surface area contributed by atoms with Gasteiger partial charge in [-0.15, -0.1) is 0 Å². The number of aromatic nitrogens is 2. The van der Waals surface area contributed by atoms with E-state index in [1.165, 1.54) is 0 Å². The molecule has 2 aromatic carbocycles. The van der Waals surface area contributed by atoms with Crippen molar-refractivity contribution in [1.29, 1.82) is 0 Å². The van der Waals surface area contributed by atoms with E-state index in [0.717, 1.165) is 5.69 Å². The number of nitro benzene ring substituents is 1. The number of anilines is 3. The molecule has 0 spiro atoms. The average molecular weight is 481 g/mol. The van der Waals surface area contributed by atoms with E-state index >= 15 is 0 Å². The number of furan rings is 1. The lowest BCUT2D eigenvalue weighted by molar-refractivity contribution is -0.382. The second-order valence-electron chi connectivity index (χ2n) is 7.79. The Labute approximate surface area is 199 Å². The van der Waals surface area contributed by atoms with Gasteiger partial charge in [-0.25, -0.2) is 4.63 Å². The molecule has 0 radical (unpaired) electrons. The van der Waals surface area contributed by atoms with E-state index in [1.807, 2.05) is 28.0 Å². The summed E-state index contributed by atoms with van der Waals surface area (Å²) >= 11 is 0. The Morgan fingerprint density at radius 2 is 1.86 bits per heavy atom. The molecular formula is C23H23N5O7. The first kappa shape index (κ1) is 22.5. The lowest BCUT2D eigenvalue weighted by atomic mass is 10.1. The fraction of sp³-hybridized carbons (Fsp3) is 0.304. The van der Waals surface area contributed by atoms with Crippen LogP contribution in [-0.2, 0) is 11.3 Å². The van der Waals surface area contributed by atoms with Gasteiger partial charge in [0.1, 0.15) is 11.4 Å². The van der Waals surface area contributed by atoms with E-state index in [2.05, 4.69) is 10.3 Å². The molecule has 0 saturated carbocycles. The first-order valence-corrected chi connectivity index (χ1v) is 10.9. The standard InChI is InChI=1S/C23H23N5O7/c1-31-19-6-5-15(12-20(19)32-2)27(14-16-4-3-9-34-16)17-13-18(26-7-10-33-11-8-26)23(28(29)30)22-21(17)24-35-25-22/h3-6,9,12-13H,7-8,10-11,14H2,1-2H3. The van der Waals surface area contributed by atoms with Crippen molar-refractivity contribution in [1.82, 2.24) is 10.3 Å². The summed E-state index contributed by atoms with van der Waals surface area (Å²) in [7, 11) is 3.12. The Hall–Kier alpha value is -4.32. The van der Waals surface area contributed by atoms with E-state index in [4.69, 9.17) is 23.3 Å². The van der Waals surface area contributed by atoms with Gasteiger partial charge in [0.05, 0.1) is 50.9 Å². The van der Waals surface area contributed by atoms with Crippen molar-refractivity contribution >= 4 is 33.8 Å². The monoisotopic (exact) mass is 481 g/mol. The fourth-order valence-corrected chi connectivity index (χ4v) is 4.20.